The Morgan fingerprint density at radius 2 is 2.19 bits per heavy atom. The first kappa shape index (κ1) is 13.8. The van der Waals surface area contributed by atoms with Crippen LogP contribution in [0.4, 0.5) is 0 Å². The van der Waals surface area contributed by atoms with Crippen molar-refractivity contribution in [1.82, 2.24) is 25.0 Å². The van der Waals surface area contributed by atoms with E-state index in [-0.39, 0.29) is 6.61 Å². The molecule has 0 radical (unpaired) electrons. The highest BCUT2D eigenvalue weighted by Crippen LogP contribution is 2.21. The van der Waals surface area contributed by atoms with Gasteiger partial charge in [0.25, 0.3) is 0 Å². The molecule has 0 saturated heterocycles. The van der Waals surface area contributed by atoms with Crippen LogP contribution >= 0.6 is 11.3 Å². The predicted octanol–water partition coefficient (Wildman–Crippen LogP) is 1.77. The van der Waals surface area contributed by atoms with Crippen LogP contribution < -0.4 is 0 Å². The van der Waals surface area contributed by atoms with Crippen molar-refractivity contribution in [3.8, 4) is 10.7 Å². The first-order valence-electron chi connectivity index (χ1n) is 6.71. The number of hydrogen-bond acceptors (Lipinski definition) is 6. The van der Waals surface area contributed by atoms with Crippen molar-refractivity contribution in [3.05, 3.63) is 47.4 Å². The normalized spacial score (nSPS) is 10.9. The summed E-state index contributed by atoms with van der Waals surface area (Å²) < 4.78 is 1.77. The van der Waals surface area contributed by atoms with Crippen LogP contribution in [0.1, 0.15) is 17.8 Å². The predicted molar refractivity (Wildman–Crippen MR) is 79.9 cm³/mol. The topological polar surface area (TPSA) is 76.7 Å². The van der Waals surface area contributed by atoms with Crippen LogP contribution in [0.15, 0.2) is 36.0 Å². The van der Waals surface area contributed by atoms with Gasteiger partial charge in [-0.25, -0.2) is 9.67 Å². The quantitative estimate of drug-likeness (QED) is 0.751. The largest absolute Gasteiger partial charge is 0.396 e. The van der Waals surface area contributed by atoms with Gasteiger partial charge in [-0.3, -0.25) is 4.98 Å². The highest BCUT2D eigenvalue weighted by atomic mass is 32.1. The Labute approximate surface area is 126 Å². The molecule has 0 amide bonds. The van der Waals surface area contributed by atoms with Gasteiger partial charge < -0.3 is 5.11 Å². The van der Waals surface area contributed by atoms with Crippen LogP contribution in [0, 0.1) is 0 Å². The Morgan fingerprint density at radius 1 is 1.24 bits per heavy atom. The molecule has 0 aromatic carbocycles. The third-order valence-corrected chi connectivity index (χ3v) is 3.85. The molecule has 0 fully saturated rings. The van der Waals surface area contributed by atoms with Gasteiger partial charge in [-0.2, -0.15) is 0 Å². The maximum absolute atomic E-state index is 8.81. The fourth-order valence-electron chi connectivity index (χ4n) is 1.94. The zero-order valence-electron chi connectivity index (χ0n) is 11.4. The number of aliphatic hydroxyl groups excluding tert-OH is 1. The summed E-state index contributed by atoms with van der Waals surface area (Å²) >= 11 is 1.57. The SMILES string of the molecule is OCCCc1cn(Cc2csc(-c3ccccn3)n2)nn1. The second-order valence-corrected chi connectivity index (χ2v) is 5.45. The zero-order valence-corrected chi connectivity index (χ0v) is 12.2. The Bertz CT molecular complexity index is 694. The number of aryl methyl sites for hydroxylation is 1. The monoisotopic (exact) mass is 301 g/mol. The standard InChI is InChI=1S/C14H15N5OS/c20-7-3-4-11-8-19(18-17-11)9-12-10-21-14(16-12)13-5-1-2-6-15-13/h1-2,5-6,8,10,20H,3-4,7,9H2. The number of rotatable bonds is 6. The van der Waals surface area contributed by atoms with Crippen LogP contribution in [0.5, 0.6) is 0 Å². The number of hydrogen-bond donors (Lipinski definition) is 1. The maximum atomic E-state index is 8.81. The first-order valence-corrected chi connectivity index (χ1v) is 7.59. The molecular formula is C14H15N5OS. The number of thiazole rings is 1. The molecule has 0 aliphatic carbocycles. The Balaban J connectivity index is 1.68. The maximum Gasteiger partial charge on any atom is 0.142 e. The smallest absolute Gasteiger partial charge is 0.142 e. The van der Waals surface area contributed by atoms with Gasteiger partial charge >= 0.3 is 0 Å². The molecule has 3 aromatic heterocycles. The minimum atomic E-state index is 0.173. The minimum Gasteiger partial charge on any atom is -0.396 e. The summed E-state index contributed by atoms with van der Waals surface area (Å²) in [6, 6.07) is 5.79. The van der Waals surface area contributed by atoms with Crippen LogP contribution in [0.2, 0.25) is 0 Å². The Kier molecular flexibility index (Phi) is 4.32. The summed E-state index contributed by atoms with van der Waals surface area (Å²) in [4.78, 5) is 8.87. The highest BCUT2D eigenvalue weighted by molar-refractivity contribution is 7.13. The lowest BCUT2D eigenvalue weighted by Gasteiger charge is -1.96. The summed E-state index contributed by atoms with van der Waals surface area (Å²) in [6.07, 6.45) is 5.11. The van der Waals surface area contributed by atoms with Crippen molar-refractivity contribution in [1.29, 1.82) is 0 Å². The van der Waals surface area contributed by atoms with Crippen molar-refractivity contribution < 1.29 is 5.11 Å². The molecule has 108 valence electrons. The van der Waals surface area contributed by atoms with Crippen molar-refractivity contribution in [2.45, 2.75) is 19.4 Å². The van der Waals surface area contributed by atoms with E-state index < -0.39 is 0 Å². The van der Waals surface area contributed by atoms with Crippen LogP contribution in [0.3, 0.4) is 0 Å². The Hall–Kier alpha value is -2.12. The highest BCUT2D eigenvalue weighted by Gasteiger charge is 2.07. The minimum absolute atomic E-state index is 0.173. The summed E-state index contributed by atoms with van der Waals surface area (Å²) in [6.45, 7) is 0.766. The molecule has 0 atom stereocenters. The van der Waals surface area contributed by atoms with E-state index >= 15 is 0 Å². The van der Waals surface area contributed by atoms with Crippen molar-refractivity contribution >= 4 is 11.3 Å². The molecule has 0 saturated carbocycles. The zero-order chi connectivity index (χ0) is 14.5. The number of nitrogens with zero attached hydrogens (tertiary/aromatic N) is 5. The van der Waals surface area contributed by atoms with Crippen molar-refractivity contribution in [2.24, 2.45) is 0 Å². The van der Waals surface area contributed by atoms with E-state index in [9.17, 15) is 0 Å². The molecule has 3 aromatic rings. The molecule has 0 unspecified atom stereocenters. The van der Waals surface area contributed by atoms with Gasteiger partial charge in [0.2, 0.25) is 0 Å². The van der Waals surface area contributed by atoms with Gasteiger partial charge in [0.1, 0.15) is 5.01 Å². The third kappa shape index (κ3) is 3.50. The molecule has 3 rings (SSSR count). The lowest BCUT2D eigenvalue weighted by atomic mass is 10.3. The van der Waals surface area contributed by atoms with E-state index in [1.54, 1.807) is 22.2 Å². The van der Waals surface area contributed by atoms with E-state index in [0.29, 0.717) is 13.0 Å². The number of aliphatic hydroxyl groups is 1. The molecule has 0 spiro atoms. The van der Waals surface area contributed by atoms with Crippen LogP contribution in [-0.4, -0.2) is 36.7 Å². The van der Waals surface area contributed by atoms with Gasteiger partial charge in [0.05, 0.1) is 23.6 Å². The average molecular weight is 301 g/mol. The molecule has 1 N–H and O–H groups in total. The first-order chi connectivity index (χ1) is 10.3. The van der Waals surface area contributed by atoms with Gasteiger partial charge in [0.15, 0.2) is 0 Å². The molecule has 6 nitrogen and oxygen atoms in total. The molecular weight excluding hydrogens is 286 g/mol. The average Bonchev–Trinajstić information content (AvgIpc) is 3.16. The number of aromatic nitrogens is 5. The van der Waals surface area contributed by atoms with Crippen LogP contribution in [-0.2, 0) is 13.0 Å². The van der Waals surface area contributed by atoms with Gasteiger partial charge in [-0.15, -0.1) is 16.4 Å². The summed E-state index contributed by atoms with van der Waals surface area (Å²) in [5.41, 5.74) is 2.72. The van der Waals surface area contributed by atoms with Gasteiger partial charge in [-0.1, -0.05) is 11.3 Å². The summed E-state index contributed by atoms with van der Waals surface area (Å²) in [5, 5.41) is 19.9. The van der Waals surface area contributed by atoms with Gasteiger partial charge in [-0.05, 0) is 25.0 Å². The van der Waals surface area contributed by atoms with E-state index in [1.807, 2.05) is 29.8 Å². The molecule has 0 aliphatic heterocycles. The molecule has 21 heavy (non-hydrogen) atoms. The summed E-state index contributed by atoms with van der Waals surface area (Å²) in [7, 11) is 0. The fourth-order valence-corrected chi connectivity index (χ4v) is 2.73. The van der Waals surface area contributed by atoms with E-state index in [0.717, 1.165) is 28.5 Å². The number of pyridine rings is 1. The molecule has 0 aliphatic rings. The molecule has 0 bridgehead atoms. The van der Waals surface area contributed by atoms with Crippen LogP contribution in [0.25, 0.3) is 10.7 Å². The molecule has 3 heterocycles. The van der Waals surface area contributed by atoms with E-state index in [4.69, 9.17) is 5.11 Å². The van der Waals surface area contributed by atoms with E-state index in [1.165, 1.54) is 0 Å². The van der Waals surface area contributed by atoms with Crippen molar-refractivity contribution in [2.75, 3.05) is 6.61 Å². The molecule has 7 heteroatoms. The van der Waals surface area contributed by atoms with E-state index in [2.05, 4.69) is 20.3 Å². The second-order valence-electron chi connectivity index (χ2n) is 4.59. The fraction of sp³-hybridized carbons (Fsp3) is 0.286. The lowest BCUT2D eigenvalue weighted by Crippen LogP contribution is -2.00. The lowest BCUT2D eigenvalue weighted by molar-refractivity contribution is 0.288. The van der Waals surface area contributed by atoms with Crippen molar-refractivity contribution in [3.63, 3.8) is 0 Å². The summed E-state index contributed by atoms with van der Waals surface area (Å²) in [5.74, 6) is 0. The Morgan fingerprint density at radius 3 is 3.00 bits per heavy atom. The second kappa shape index (κ2) is 6.55. The van der Waals surface area contributed by atoms with Gasteiger partial charge in [0, 0.05) is 24.4 Å². The third-order valence-electron chi connectivity index (χ3n) is 2.94.